The fourth-order valence-corrected chi connectivity index (χ4v) is 2.37. The van der Waals surface area contributed by atoms with Gasteiger partial charge in [-0.3, -0.25) is 9.58 Å². The Bertz CT molecular complexity index is 411. The standard InChI is InChI=1S/C13H25N5/c1-6-13(4)9-18(12(2,3)8-15-13)7-11-14-10-16-17(11)5/h10,15H,6-9H2,1-5H3. The topological polar surface area (TPSA) is 46.0 Å². The Morgan fingerprint density at radius 1 is 1.39 bits per heavy atom. The number of piperazine rings is 1. The molecule has 0 spiro atoms. The van der Waals surface area contributed by atoms with Crippen LogP contribution in [-0.4, -0.2) is 43.8 Å². The van der Waals surface area contributed by atoms with E-state index >= 15 is 0 Å². The van der Waals surface area contributed by atoms with E-state index in [9.17, 15) is 0 Å². The first-order valence-corrected chi connectivity index (χ1v) is 6.69. The van der Waals surface area contributed by atoms with Gasteiger partial charge in [0.1, 0.15) is 12.2 Å². The first-order valence-electron chi connectivity index (χ1n) is 6.69. The summed E-state index contributed by atoms with van der Waals surface area (Å²) in [5.74, 6) is 1.03. The van der Waals surface area contributed by atoms with Gasteiger partial charge in [0.15, 0.2) is 0 Å². The average molecular weight is 251 g/mol. The lowest BCUT2D eigenvalue weighted by molar-refractivity contribution is 0.0218. The molecule has 1 fully saturated rings. The monoisotopic (exact) mass is 251 g/mol. The number of aryl methyl sites for hydroxylation is 1. The van der Waals surface area contributed by atoms with Gasteiger partial charge in [0.05, 0.1) is 6.54 Å². The van der Waals surface area contributed by atoms with E-state index in [1.165, 1.54) is 0 Å². The molecule has 5 nitrogen and oxygen atoms in total. The van der Waals surface area contributed by atoms with Gasteiger partial charge in [-0.1, -0.05) is 6.92 Å². The second-order valence-electron chi connectivity index (χ2n) is 6.24. The molecule has 0 aromatic carbocycles. The summed E-state index contributed by atoms with van der Waals surface area (Å²) in [7, 11) is 1.95. The lowest BCUT2D eigenvalue weighted by Crippen LogP contribution is -2.66. The molecule has 0 saturated carbocycles. The molecule has 0 radical (unpaired) electrons. The third-order valence-electron chi connectivity index (χ3n) is 4.26. The van der Waals surface area contributed by atoms with Crippen molar-refractivity contribution in [2.75, 3.05) is 13.1 Å². The van der Waals surface area contributed by atoms with Crippen LogP contribution >= 0.6 is 0 Å². The maximum atomic E-state index is 4.34. The summed E-state index contributed by atoms with van der Waals surface area (Å²) in [6, 6.07) is 0. The highest BCUT2D eigenvalue weighted by Crippen LogP contribution is 2.26. The van der Waals surface area contributed by atoms with Crippen LogP contribution in [0.4, 0.5) is 0 Å². The first kappa shape index (κ1) is 13.5. The third kappa shape index (κ3) is 2.57. The molecular weight excluding hydrogens is 226 g/mol. The number of nitrogens with zero attached hydrogens (tertiary/aromatic N) is 4. The van der Waals surface area contributed by atoms with Crippen LogP contribution in [0.5, 0.6) is 0 Å². The van der Waals surface area contributed by atoms with Gasteiger partial charge in [0.2, 0.25) is 0 Å². The lowest BCUT2D eigenvalue weighted by Gasteiger charge is -2.50. The highest BCUT2D eigenvalue weighted by Gasteiger charge is 2.39. The van der Waals surface area contributed by atoms with Crippen molar-refractivity contribution in [1.29, 1.82) is 0 Å². The molecule has 0 amide bonds. The molecule has 1 unspecified atom stereocenters. The minimum atomic E-state index is 0.153. The molecule has 1 N–H and O–H groups in total. The zero-order valence-corrected chi connectivity index (χ0v) is 12.2. The molecule has 0 aliphatic carbocycles. The van der Waals surface area contributed by atoms with Crippen molar-refractivity contribution in [1.82, 2.24) is 25.0 Å². The maximum absolute atomic E-state index is 4.34. The summed E-state index contributed by atoms with van der Waals surface area (Å²) in [6.07, 6.45) is 2.77. The molecule has 1 aromatic heterocycles. The van der Waals surface area contributed by atoms with E-state index in [-0.39, 0.29) is 11.1 Å². The van der Waals surface area contributed by atoms with Crippen LogP contribution in [0.1, 0.15) is 39.9 Å². The van der Waals surface area contributed by atoms with E-state index in [0.29, 0.717) is 0 Å². The number of aromatic nitrogens is 3. The second-order valence-corrected chi connectivity index (χ2v) is 6.24. The summed E-state index contributed by atoms with van der Waals surface area (Å²) in [4.78, 5) is 6.85. The Morgan fingerprint density at radius 2 is 2.11 bits per heavy atom. The van der Waals surface area contributed by atoms with Gasteiger partial charge in [-0.15, -0.1) is 0 Å². The Morgan fingerprint density at radius 3 is 2.67 bits per heavy atom. The number of rotatable bonds is 3. The van der Waals surface area contributed by atoms with E-state index in [4.69, 9.17) is 0 Å². The molecule has 5 heteroatoms. The van der Waals surface area contributed by atoms with Crippen LogP contribution in [0.2, 0.25) is 0 Å². The average Bonchev–Trinajstić information content (AvgIpc) is 2.71. The summed E-state index contributed by atoms with van der Waals surface area (Å²) >= 11 is 0. The Balaban J connectivity index is 2.15. The molecule has 2 rings (SSSR count). The van der Waals surface area contributed by atoms with Gasteiger partial charge in [-0.25, -0.2) is 4.98 Å². The Hall–Kier alpha value is -0.940. The SMILES string of the molecule is CCC1(C)CN(Cc2ncnn2C)C(C)(C)CN1. The minimum Gasteiger partial charge on any atom is -0.308 e. The normalized spacial score (nSPS) is 28.5. The minimum absolute atomic E-state index is 0.153. The summed E-state index contributed by atoms with van der Waals surface area (Å²) in [5, 5.41) is 7.82. The molecule has 0 bridgehead atoms. The molecular formula is C13H25N5. The molecule has 18 heavy (non-hydrogen) atoms. The molecule has 1 aromatic rings. The van der Waals surface area contributed by atoms with Crippen molar-refractivity contribution in [3.05, 3.63) is 12.2 Å². The van der Waals surface area contributed by atoms with Gasteiger partial charge in [-0.05, 0) is 27.2 Å². The van der Waals surface area contributed by atoms with Crippen LogP contribution in [0, 0.1) is 0 Å². The zero-order valence-electron chi connectivity index (χ0n) is 12.2. The van der Waals surface area contributed by atoms with E-state index in [2.05, 4.69) is 48.0 Å². The van der Waals surface area contributed by atoms with Gasteiger partial charge >= 0.3 is 0 Å². The zero-order chi connectivity index (χ0) is 13.4. The van der Waals surface area contributed by atoms with Crippen molar-refractivity contribution in [2.24, 2.45) is 7.05 Å². The van der Waals surface area contributed by atoms with Gasteiger partial charge in [0.25, 0.3) is 0 Å². The smallest absolute Gasteiger partial charge is 0.140 e. The highest BCUT2D eigenvalue weighted by atomic mass is 15.4. The predicted molar refractivity (Wildman–Crippen MR) is 72.2 cm³/mol. The van der Waals surface area contributed by atoms with Crippen molar-refractivity contribution < 1.29 is 0 Å². The predicted octanol–water partition coefficient (Wildman–Crippen LogP) is 1.17. The van der Waals surface area contributed by atoms with Gasteiger partial charge in [0, 0.05) is 31.2 Å². The third-order valence-corrected chi connectivity index (χ3v) is 4.26. The van der Waals surface area contributed by atoms with Crippen molar-refractivity contribution in [3.8, 4) is 0 Å². The molecule has 102 valence electrons. The van der Waals surface area contributed by atoms with Gasteiger partial charge in [-0.2, -0.15) is 5.10 Å². The molecule has 1 aliphatic heterocycles. The van der Waals surface area contributed by atoms with Crippen LogP contribution in [0.15, 0.2) is 6.33 Å². The van der Waals surface area contributed by atoms with Crippen molar-refractivity contribution in [3.63, 3.8) is 0 Å². The summed E-state index contributed by atoms with van der Waals surface area (Å²) < 4.78 is 1.86. The molecule has 1 aliphatic rings. The van der Waals surface area contributed by atoms with Crippen LogP contribution < -0.4 is 5.32 Å². The fraction of sp³-hybridized carbons (Fsp3) is 0.846. The van der Waals surface area contributed by atoms with Crippen molar-refractivity contribution >= 4 is 0 Å². The van der Waals surface area contributed by atoms with E-state index in [1.807, 2.05) is 11.7 Å². The summed E-state index contributed by atoms with van der Waals surface area (Å²) in [6.45, 7) is 12.0. The van der Waals surface area contributed by atoms with Crippen LogP contribution in [-0.2, 0) is 13.6 Å². The second kappa shape index (κ2) is 4.63. The number of hydrogen-bond acceptors (Lipinski definition) is 4. The highest BCUT2D eigenvalue weighted by molar-refractivity contribution is 5.00. The molecule has 1 saturated heterocycles. The Labute approximate surface area is 110 Å². The summed E-state index contributed by atoms with van der Waals surface area (Å²) in [5.41, 5.74) is 0.356. The maximum Gasteiger partial charge on any atom is 0.140 e. The van der Waals surface area contributed by atoms with E-state index in [1.54, 1.807) is 6.33 Å². The van der Waals surface area contributed by atoms with E-state index < -0.39 is 0 Å². The molecule has 1 atom stereocenters. The van der Waals surface area contributed by atoms with Gasteiger partial charge < -0.3 is 5.32 Å². The van der Waals surface area contributed by atoms with Crippen LogP contribution in [0.25, 0.3) is 0 Å². The molecule has 2 heterocycles. The fourth-order valence-electron chi connectivity index (χ4n) is 2.37. The van der Waals surface area contributed by atoms with Crippen LogP contribution in [0.3, 0.4) is 0 Å². The quantitative estimate of drug-likeness (QED) is 0.876. The first-order chi connectivity index (χ1) is 8.36. The lowest BCUT2D eigenvalue weighted by atomic mass is 9.88. The van der Waals surface area contributed by atoms with E-state index in [0.717, 1.165) is 31.9 Å². The largest absolute Gasteiger partial charge is 0.308 e. The Kier molecular flexibility index (Phi) is 3.47. The van der Waals surface area contributed by atoms with Crippen molar-refractivity contribution in [2.45, 2.75) is 51.7 Å². The number of hydrogen-bond donors (Lipinski definition) is 1. The number of nitrogens with one attached hydrogen (secondary N) is 1.